The molecular weight excluding hydrogens is 238 g/mol. The first-order chi connectivity index (χ1) is 9.14. The van der Waals surface area contributed by atoms with E-state index in [1.165, 1.54) is 7.11 Å². The van der Waals surface area contributed by atoms with Crippen LogP contribution in [0.2, 0.25) is 0 Å². The van der Waals surface area contributed by atoms with Crippen LogP contribution in [0.4, 0.5) is 0 Å². The zero-order valence-corrected chi connectivity index (χ0v) is 12.2. The quantitative estimate of drug-likeness (QED) is 0.770. The number of benzene rings is 1. The summed E-state index contributed by atoms with van der Waals surface area (Å²) in [5.41, 5.74) is 6.21. The molecule has 1 aromatic carbocycles. The van der Waals surface area contributed by atoms with Gasteiger partial charge in [-0.05, 0) is 17.9 Å². The molecule has 0 aliphatic carbocycles. The van der Waals surface area contributed by atoms with Crippen LogP contribution in [0.25, 0.3) is 0 Å². The van der Waals surface area contributed by atoms with Gasteiger partial charge in [0.2, 0.25) is 0 Å². The summed E-state index contributed by atoms with van der Waals surface area (Å²) >= 11 is 0. The first-order valence-electron chi connectivity index (χ1n) is 6.98. The van der Waals surface area contributed by atoms with E-state index in [0.717, 1.165) is 24.8 Å². The van der Waals surface area contributed by atoms with Crippen molar-refractivity contribution in [3.8, 4) is 0 Å². The van der Waals surface area contributed by atoms with Crippen molar-refractivity contribution in [1.29, 1.82) is 0 Å². The Morgan fingerprint density at radius 1 is 1.26 bits per heavy atom. The minimum absolute atomic E-state index is 0.229. The molecule has 0 radical (unpaired) electrons. The molecule has 0 fully saturated rings. The molecule has 1 rings (SSSR count). The lowest BCUT2D eigenvalue weighted by atomic mass is 9.72. The number of hydrogen-bond acceptors (Lipinski definition) is 3. The van der Waals surface area contributed by atoms with Crippen molar-refractivity contribution < 1.29 is 9.53 Å². The van der Waals surface area contributed by atoms with E-state index in [9.17, 15) is 4.79 Å². The normalized spacial score (nSPS) is 14.2. The minimum atomic E-state index is -0.716. The van der Waals surface area contributed by atoms with Gasteiger partial charge in [0.1, 0.15) is 5.41 Å². The van der Waals surface area contributed by atoms with E-state index in [2.05, 4.69) is 13.8 Å². The zero-order chi connectivity index (χ0) is 14.3. The lowest BCUT2D eigenvalue weighted by molar-refractivity contribution is -0.148. The predicted octanol–water partition coefficient (Wildman–Crippen LogP) is 2.88. The number of carbonyl (C=O) groups is 1. The Morgan fingerprint density at radius 2 is 1.84 bits per heavy atom. The lowest BCUT2D eigenvalue weighted by Crippen LogP contribution is -2.45. The fourth-order valence-electron chi connectivity index (χ4n) is 2.63. The molecular formula is C16H25NO2. The van der Waals surface area contributed by atoms with Crippen molar-refractivity contribution >= 4 is 5.97 Å². The molecule has 2 N–H and O–H groups in total. The molecule has 3 heteroatoms. The second-order valence-corrected chi connectivity index (χ2v) is 5.03. The van der Waals surface area contributed by atoms with Crippen LogP contribution >= 0.6 is 0 Å². The summed E-state index contributed by atoms with van der Waals surface area (Å²) in [6, 6.07) is 9.75. The summed E-state index contributed by atoms with van der Waals surface area (Å²) < 4.78 is 5.03. The highest BCUT2D eigenvalue weighted by Gasteiger charge is 2.41. The number of esters is 1. The molecule has 1 atom stereocenters. The molecule has 1 unspecified atom stereocenters. The molecule has 0 bridgehead atoms. The zero-order valence-electron chi connectivity index (χ0n) is 12.2. The van der Waals surface area contributed by atoms with E-state index in [1.807, 2.05) is 30.3 Å². The minimum Gasteiger partial charge on any atom is -0.468 e. The molecule has 0 aliphatic heterocycles. The van der Waals surface area contributed by atoms with E-state index in [4.69, 9.17) is 10.5 Å². The number of methoxy groups -OCH3 is 1. The molecule has 0 saturated carbocycles. The Morgan fingerprint density at radius 3 is 2.26 bits per heavy atom. The van der Waals surface area contributed by atoms with E-state index in [-0.39, 0.29) is 12.5 Å². The van der Waals surface area contributed by atoms with Crippen molar-refractivity contribution in [2.75, 3.05) is 13.7 Å². The van der Waals surface area contributed by atoms with Crippen LogP contribution in [0.1, 0.15) is 38.7 Å². The SMILES string of the molecule is CCC(CC)CC(CN)(C(=O)OC)c1ccccc1. The van der Waals surface area contributed by atoms with Gasteiger partial charge in [0, 0.05) is 6.54 Å². The summed E-state index contributed by atoms with van der Waals surface area (Å²) in [6.07, 6.45) is 2.83. The average molecular weight is 263 g/mol. The van der Waals surface area contributed by atoms with E-state index in [1.54, 1.807) is 0 Å². The second-order valence-electron chi connectivity index (χ2n) is 5.03. The second kappa shape index (κ2) is 7.29. The third kappa shape index (κ3) is 3.35. The summed E-state index contributed by atoms with van der Waals surface area (Å²) in [4.78, 5) is 12.3. The maximum atomic E-state index is 12.3. The fourth-order valence-corrected chi connectivity index (χ4v) is 2.63. The highest BCUT2D eigenvalue weighted by atomic mass is 16.5. The Hall–Kier alpha value is -1.35. The molecule has 0 aromatic heterocycles. The largest absolute Gasteiger partial charge is 0.468 e. The highest BCUT2D eigenvalue weighted by molar-refractivity contribution is 5.83. The van der Waals surface area contributed by atoms with Crippen molar-refractivity contribution in [2.24, 2.45) is 11.7 Å². The van der Waals surface area contributed by atoms with Gasteiger partial charge in [-0.2, -0.15) is 0 Å². The van der Waals surface area contributed by atoms with E-state index >= 15 is 0 Å². The molecule has 3 nitrogen and oxygen atoms in total. The molecule has 0 heterocycles. The van der Waals surface area contributed by atoms with Crippen LogP contribution in [0.15, 0.2) is 30.3 Å². The smallest absolute Gasteiger partial charge is 0.317 e. The Kier molecular flexibility index (Phi) is 6.03. The number of hydrogen-bond donors (Lipinski definition) is 1. The maximum Gasteiger partial charge on any atom is 0.317 e. The molecule has 19 heavy (non-hydrogen) atoms. The Labute approximate surface area is 116 Å². The van der Waals surface area contributed by atoms with Crippen molar-refractivity contribution in [1.82, 2.24) is 0 Å². The molecule has 0 aliphatic rings. The van der Waals surface area contributed by atoms with Gasteiger partial charge < -0.3 is 10.5 Å². The van der Waals surface area contributed by atoms with Gasteiger partial charge in [-0.25, -0.2) is 0 Å². The molecule has 0 saturated heterocycles. The van der Waals surface area contributed by atoms with Crippen LogP contribution in [0.5, 0.6) is 0 Å². The van der Waals surface area contributed by atoms with Gasteiger partial charge in [-0.15, -0.1) is 0 Å². The third-order valence-electron chi connectivity index (χ3n) is 4.04. The summed E-state index contributed by atoms with van der Waals surface area (Å²) in [7, 11) is 1.43. The van der Waals surface area contributed by atoms with Gasteiger partial charge in [0.15, 0.2) is 0 Å². The van der Waals surface area contributed by atoms with Gasteiger partial charge in [-0.3, -0.25) is 4.79 Å². The summed E-state index contributed by atoms with van der Waals surface area (Å²) in [5.74, 6) is 0.246. The van der Waals surface area contributed by atoms with Gasteiger partial charge in [0.25, 0.3) is 0 Å². The van der Waals surface area contributed by atoms with Crippen molar-refractivity contribution in [3.05, 3.63) is 35.9 Å². The van der Waals surface area contributed by atoms with Gasteiger partial charge in [0.05, 0.1) is 7.11 Å². The monoisotopic (exact) mass is 263 g/mol. The number of carbonyl (C=O) groups excluding carboxylic acids is 1. The van der Waals surface area contributed by atoms with Gasteiger partial charge >= 0.3 is 5.97 Å². The number of rotatable bonds is 7. The van der Waals surface area contributed by atoms with Crippen LogP contribution in [0, 0.1) is 5.92 Å². The maximum absolute atomic E-state index is 12.3. The molecule has 0 amide bonds. The average Bonchev–Trinajstić information content (AvgIpc) is 2.49. The summed E-state index contributed by atoms with van der Waals surface area (Å²) in [5, 5.41) is 0. The topological polar surface area (TPSA) is 52.3 Å². The Balaban J connectivity index is 3.19. The van der Waals surface area contributed by atoms with Crippen LogP contribution in [-0.2, 0) is 14.9 Å². The number of ether oxygens (including phenoxy) is 1. The first kappa shape index (κ1) is 15.7. The van der Waals surface area contributed by atoms with Crippen LogP contribution < -0.4 is 5.73 Å². The standard InChI is InChI=1S/C16H25NO2/c1-4-13(5-2)11-16(12-17,15(18)19-3)14-9-7-6-8-10-14/h6-10,13H,4-5,11-12,17H2,1-3H3. The van der Waals surface area contributed by atoms with E-state index in [0.29, 0.717) is 5.92 Å². The summed E-state index contributed by atoms with van der Waals surface area (Å²) in [6.45, 7) is 4.58. The van der Waals surface area contributed by atoms with Crippen molar-refractivity contribution in [3.63, 3.8) is 0 Å². The van der Waals surface area contributed by atoms with Crippen molar-refractivity contribution in [2.45, 2.75) is 38.5 Å². The third-order valence-corrected chi connectivity index (χ3v) is 4.04. The first-order valence-corrected chi connectivity index (χ1v) is 6.98. The van der Waals surface area contributed by atoms with Gasteiger partial charge in [-0.1, -0.05) is 57.0 Å². The van der Waals surface area contributed by atoms with Crippen LogP contribution in [-0.4, -0.2) is 19.6 Å². The van der Waals surface area contributed by atoms with Crippen LogP contribution in [0.3, 0.4) is 0 Å². The molecule has 0 spiro atoms. The molecule has 1 aromatic rings. The Bertz CT molecular complexity index is 387. The predicted molar refractivity (Wildman–Crippen MR) is 77.9 cm³/mol. The van der Waals surface area contributed by atoms with E-state index < -0.39 is 5.41 Å². The molecule has 106 valence electrons. The lowest BCUT2D eigenvalue weighted by Gasteiger charge is -2.33. The fraction of sp³-hybridized carbons (Fsp3) is 0.562. The number of nitrogens with two attached hydrogens (primary N) is 1. The highest BCUT2D eigenvalue weighted by Crippen LogP contribution is 2.34.